The Bertz CT molecular complexity index is 563. The summed E-state index contributed by atoms with van der Waals surface area (Å²) in [6.07, 6.45) is -0.345. The van der Waals surface area contributed by atoms with E-state index in [1.807, 2.05) is 26.8 Å². The summed E-state index contributed by atoms with van der Waals surface area (Å²) in [5.74, 6) is -0.340. The lowest BCUT2D eigenvalue weighted by Crippen LogP contribution is -2.33. The van der Waals surface area contributed by atoms with Gasteiger partial charge in [-0.25, -0.2) is 4.79 Å². The molecule has 0 N–H and O–H groups in total. The van der Waals surface area contributed by atoms with Gasteiger partial charge in [0.1, 0.15) is 12.2 Å². The van der Waals surface area contributed by atoms with E-state index in [0.717, 1.165) is 11.3 Å². The summed E-state index contributed by atoms with van der Waals surface area (Å²) < 4.78 is 10.3. The second-order valence-electron chi connectivity index (χ2n) is 6.03. The number of rotatable bonds is 2. The van der Waals surface area contributed by atoms with Crippen molar-refractivity contribution in [3.8, 4) is 0 Å². The van der Waals surface area contributed by atoms with Gasteiger partial charge in [0.05, 0.1) is 24.5 Å². The molecule has 2 heterocycles. The number of amides is 1. The molecule has 0 saturated heterocycles. The van der Waals surface area contributed by atoms with Gasteiger partial charge < -0.3 is 9.47 Å². The molecule has 0 aliphatic carbocycles. The third kappa shape index (κ3) is 4.18. The van der Waals surface area contributed by atoms with E-state index < -0.39 is 5.60 Å². The molecule has 1 amide bonds. The van der Waals surface area contributed by atoms with Gasteiger partial charge in [-0.3, -0.25) is 14.7 Å². The number of hydrogen-bond donors (Lipinski definition) is 0. The molecule has 6 nitrogen and oxygen atoms in total. The van der Waals surface area contributed by atoms with Gasteiger partial charge in [-0.1, -0.05) is 6.07 Å². The van der Waals surface area contributed by atoms with Crippen LogP contribution in [0.5, 0.6) is 0 Å². The molecule has 0 spiro atoms. The molecule has 114 valence electrons. The zero-order valence-electron chi connectivity index (χ0n) is 12.8. The quantitative estimate of drug-likeness (QED) is 0.783. The Morgan fingerprint density at radius 3 is 2.62 bits per heavy atom. The first-order chi connectivity index (χ1) is 9.74. The molecular formula is C15H20N2O4. The van der Waals surface area contributed by atoms with Crippen molar-refractivity contribution in [3.05, 3.63) is 29.1 Å². The standard InChI is InChI=1S/C15H20N2O4/c1-10(18)20-9-12-6-5-11-7-17(8-13(11)16-12)14(19)21-15(2,3)4/h5-6H,7-9H2,1-4H3. The van der Waals surface area contributed by atoms with E-state index in [4.69, 9.17) is 9.47 Å². The highest BCUT2D eigenvalue weighted by atomic mass is 16.6. The van der Waals surface area contributed by atoms with Crippen LogP contribution < -0.4 is 0 Å². The van der Waals surface area contributed by atoms with Crippen molar-refractivity contribution in [2.45, 2.75) is 53.0 Å². The van der Waals surface area contributed by atoms with Gasteiger partial charge in [0.2, 0.25) is 0 Å². The molecule has 0 fully saturated rings. The summed E-state index contributed by atoms with van der Waals surface area (Å²) in [6.45, 7) is 7.92. The largest absolute Gasteiger partial charge is 0.459 e. The normalized spacial score (nSPS) is 13.8. The molecule has 1 aromatic heterocycles. The smallest absolute Gasteiger partial charge is 0.410 e. The topological polar surface area (TPSA) is 68.7 Å². The third-order valence-electron chi connectivity index (χ3n) is 2.90. The van der Waals surface area contributed by atoms with Gasteiger partial charge in [0, 0.05) is 6.92 Å². The summed E-state index contributed by atoms with van der Waals surface area (Å²) in [5.41, 5.74) is 1.98. The highest BCUT2D eigenvalue weighted by Crippen LogP contribution is 2.23. The molecule has 0 radical (unpaired) electrons. The number of aromatic nitrogens is 1. The van der Waals surface area contributed by atoms with E-state index in [2.05, 4.69) is 4.98 Å². The summed E-state index contributed by atoms with van der Waals surface area (Å²) in [5, 5.41) is 0. The Morgan fingerprint density at radius 1 is 1.29 bits per heavy atom. The molecule has 0 saturated carbocycles. The first-order valence-corrected chi connectivity index (χ1v) is 6.83. The fourth-order valence-corrected chi connectivity index (χ4v) is 2.01. The lowest BCUT2D eigenvalue weighted by atomic mass is 10.2. The minimum Gasteiger partial charge on any atom is -0.459 e. The zero-order chi connectivity index (χ0) is 15.6. The van der Waals surface area contributed by atoms with Crippen molar-refractivity contribution >= 4 is 12.1 Å². The fourth-order valence-electron chi connectivity index (χ4n) is 2.01. The average Bonchev–Trinajstić information content (AvgIpc) is 2.77. The van der Waals surface area contributed by atoms with Crippen LogP contribution in [0.2, 0.25) is 0 Å². The molecular weight excluding hydrogens is 272 g/mol. The Balaban J connectivity index is 2.02. The van der Waals surface area contributed by atoms with Crippen LogP contribution in [-0.2, 0) is 34.0 Å². The van der Waals surface area contributed by atoms with Crippen molar-refractivity contribution in [2.24, 2.45) is 0 Å². The van der Waals surface area contributed by atoms with Gasteiger partial charge >= 0.3 is 12.1 Å². The lowest BCUT2D eigenvalue weighted by Gasteiger charge is -2.23. The summed E-state index contributed by atoms with van der Waals surface area (Å²) in [7, 11) is 0. The Morgan fingerprint density at radius 2 is 2.00 bits per heavy atom. The molecule has 0 aromatic carbocycles. The van der Waals surface area contributed by atoms with Crippen molar-refractivity contribution in [1.29, 1.82) is 0 Å². The van der Waals surface area contributed by atoms with Gasteiger partial charge in [-0.15, -0.1) is 0 Å². The number of hydrogen-bond acceptors (Lipinski definition) is 5. The number of ether oxygens (including phenoxy) is 2. The monoisotopic (exact) mass is 292 g/mol. The zero-order valence-corrected chi connectivity index (χ0v) is 12.8. The van der Waals surface area contributed by atoms with Crippen molar-refractivity contribution in [1.82, 2.24) is 9.88 Å². The Hall–Kier alpha value is -2.11. The van der Waals surface area contributed by atoms with Crippen LogP contribution in [-0.4, -0.2) is 27.5 Å². The van der Waals surface area contributed by atoms with Crippen LogP contribution in [0.25, 0.3) is 0 Å². The molecule has 1 aliphatic heterocycles. The second kappa shape index (κ2) is 5.71. The second-order valence-corrected chi connectivity index (χ2v) is 6.03. The van der Waals surface area contributed by atoms with E-state index in [9.17, 15) is 9.59 Å². The minimum atomic E-state index is -0.514. The Kier molecular flexibility index (Phi) is 4.16. The highest BCUT2D eigenvalue weighted by Gasteiger charge is 2.28. The molecule has 21 heavy (non-hydrogen) atoms. The summed E-state index contributed by atoms with van der Waals surface area (Å²) in [4.78, 5) is 28.9. The molecule has 0 unspecified atom stereocenters. The Labute approximate surface area is 124 Å². The van der Waals surface area contributed by atoms with Crippen LogP contribution in [0.4, 0.5) is 4.79 Å². The summed E-state index contributed by atoms with van der Waals surface area (Å²) >= 11 is 0. The number of carbonyl (C=O) groups is 2. The fraction of sp³-hybridized carbons (Fsp3) is 0.533. The van der Waals surface area contributed by atoms with E-state index in [1.54, 1.807) is 11.0 Å². The number of nitrogens with zero attached hydrogens (tertiary/aromatic N) is 2. The van der Waals surface area contributed by atoms with Gasteiger partial charge in [-0.2, -0.15) is 0 Å². The molecule has 0 bridgehead atoms. The molecule has 6 heteroatoms. The van der Waals surface area contributed by atoms with Crippen LogP contribution in [0, 0.1) is 0 Å². The van der Waals surface area contributed by atoms with Crippen molar-refractivity contribution in [3.63, 3.8) is 0 Å². The van der Waals surface area contributed by atoms with E-state index in [0.29, 0.717) is 18.8 Å². The van der Waals surface area contributed by atoms with Crippen molar-refractivity contribution in [2.75, 3.05) is 0 Å². The first-order valence-electron chi connectivity index (χ1n) is 6.83. The van der Waals surface area contributed by atoms with Crippen LogP contribution in [0.1, 0.15) is 44.6 Å². The highest BCUT2D eigenvalue weighted by molar-refractivity contribution is 5.69. The van der Waals surface area contributed by atoms with E-state index >= 15 is 0 Å². The van der Waals surface area contributed by atoms with E-state index in [-0.39, 0.29) is 18.7 Å². The van der Waals surface area contributed by atoms with Crippen molar-refractivity contribution < 1.29 is 19.1 Å². The summed E-state index contributed by atoms with van der Waals surface area (Å²) in [6, 6.07) is 3.71. The third-order valence-corrected chi connectivity index (χ3v) is 2.90. The van der Waals surface area contributed by atoms with E-state index in [1.165, 1.54) is 6.92 Å². The number of esters is 1. The predicted octanol–water partition coefficient (Wildman–Crippen LogP) is 2.40. The molecule has 0 atom stereocenters. The van der Waals surface area contributed by atoms with Gasteiger partial charge in [-0.05, 0) is 32.4 Å². The van der Waals surface area contributed by atoms with Crippen LogP contribution in [0.15, 0.2) is 12.1 Å². The van der Waals surface area contributed by atoms with Gasteiger partial charge in [0.25, 0.3) is 0 Å². The van der Waals surface area contributed by atoms with Crippen LogP contribution >= 0.6 is 0 Å². The number of carbonyl (C=O) groups excluding carboxylic acids is 2. The lowest BCUT2D eigenvalue weighted by molar-refractivity contribution is -0.142. The maximum atomic E-state index is 12.0. The molecule has 1 aliphatic rings. The number of pyridine rings is 1. The van der Waals surface area contributed by atoms with Crippen LogP contribution in [0.3, 0.4) is 0 Å². The molecule has 1 aromatic rings. The minimum absolute atomic E-state index is 0.148. The van der Waals surface area contributed by atoms with Gasteiger partial charge in [0.15, 0.2) is 0 Å². The SMILES string of the molecule is CC(=O)OCc1ccc2c(n1)CN(C(=O)OC(C)(C)C)C2. The maximum Gasteiger partial charge on any atom is 0.410 e. The molecule has 2 rings (SSSR count). The predicted molar refractivity (Wildman–Crippen MR) is 75.2 cm³/mol. The average molecular weight is 292 g/mol. The number of fused-ring (bicyclic) bond motifs is 1. The first kappa shape index (κ1) is 15.3. The maximum absolute atomic E-state index is 12.0.